The lowest BCUT2D eigenvalue weighted by atomic mass is 10.4. The molecule has 0 bridgehead atoms. The number of aliphatic imine (C=N–C) groups is 1. The van der Waals surface area contributed by atoms with Crippen molar-refractivity contribution in [3.05, 3.63) is 0 Å². The van der Waals surface area contributed by atoms with Crippen LogP contribution in [0.25, 0.3) is 0 Å². The molecule has 0 aliphatic rings. The standard InChI is InChI=1S/C10H21N3O3.HI/c1-4-16-8-7-13-10(11-2)12-6-5-9(14)15-3;/h4-8H2,1-3H3,(H2,11,12,13);1H. The maximum atomic E-state index is 10.8. The van der Waals surface area contributed by atoms with E-state index in [2.05, 4.69) is 20.4 Å². The van der Waals surface area contributed by atoms with Gasteiger partial charge in [-0.1, -0.05) is 0 Å². The molecule has 17 heavy (non-hydrogen) atoms. The molecule has 2 N–H and O–H groups in total. The predicted octanol–water partition coefficient (Wildman–Crippen LogP) is 0.369. The van der Waals surface area contributed by atoms with E-state index in [1.807, 2.05) is 6.92 Å². The summed E-state index contributed by atoms with van der Waals surface area (Å²) in [6.45, 7) is 4.47. The molecule has 0 aromatic carbocycles. The van der Waals surface area contributed by atoms with Crippen molar-refractivity contribution in [2.24, 2.45) is 4.99 Å². The summed E-state index contributed by atoms with van der Waals surface area (Å²) in [5.74, 6) is 0.417. The third-order valence-corrected chi connectivity index (χ3v) is 1.82. The summed E-state index contributed by atoms with van der Waals surface area (Å²) in [5, 5.41) is 6.05. The van der Waals surface area contributed by atoms with E-state index in [1.165, 1.54) is 7.11 Å². The highest BCUT2D eigenvalue weighted by Gasteiger charge is 2.01. The van der Waals surface area contributed by atoms with E-state index in [1.54, 1.807) is 7.05 Å². The molecule has 0 spiro atoms. The van der Waals surface area contributed by atoms with Gasteiger partial charge < -0.3 is 20.1 Å². The first-order chi connectivity index (χ1) is 7.74. The first-order valence-electron chi connectivity index (χ1n) is 5.33. The average Bonchev–Trinajstić information content (AvgIpc) is 2.31. The Kier molecular flexibility index (Phi) is 14.9. The van der Waals surface area contributed by atoms with Crippen LogP contribution in [-0.2, 0) is 14.3 Å². The van der Waals surface area contributed by atoms with E-state index >= 15 is 0 Å². The van der Waals surface area contributed by atoms with Crippen molar-refractivity contribution in [3.8, 4) is 0 Å². The first kappa shape index (κ1) is 18.8. The maximum Gasteiger partial charge on any atom is 0.307 e. The molecule has 6 nitrogen and oxygen atoms in total. The van der Waals surface area contributed by atoms with Crippen molar-refractivity contribution < 1.29 is 14.3 Å². The molecular weight excluding hydrogens is 337 g/mol. The number of hydrogen-bond donors (Lipinski definition) is 2. The van der Waals surface area contributed by atoms with Gasteiger partial charge in [0.15, 0.2) is 5.96 Å². The van der Waals surface area contributed by atoms with Gasteiger partial charge in [0.2, 0.25) is 0 Å². The zero-order valence-electron chi connectivity index (χ0n) is 10.6. The molecule has 0 rings (SSSR count). The molecule has 0 aromatic rings. The molecule has 102 valence electrons. The molecule has 0 fully saturated rings. The predicted molar refractivity (Wildman–Crippen MR) is 77.9 cm³/mol. The molecule has 0 unspecified atom stereocenters. The molecule has 7 heteroatoms. The fraction of sp³-hybridized carbons (Fsp3) is 0.800. The smallest absolute Gasteiger partial charge is 0.307 e. The number of rotatable bonds is 7. The Labute approximate surface area is 120 Å². The molecule has 0 atom stereocenters. The zero-order chi connectivity index (χ0) is 12.2. The lowest BCUT2D eigenvalue weighted by Gasteiger charge is -2.11. The van der Waals surface area contributed by atoms with Crippen molar-refractivity contribution in [1.29, 1.82) is 0 Å². The second-order valence-corrected chi connectivity index (χ2v) is 2.95. The number of ether oxygens (including phenoxy) is 2. The Morgan fingerprint density at radius 2 is 1.94 bits per heavy atom. The van der Waals surface area contributed by atoms with Gasteiger partial charge in [0, 0.05) is 26.7 Å². The van der Waals surface area contributed by atoms with Gasteiger partial charge in [-0.15, -0.1) is 24.0 Å². The Balaban J connectivity index is 0. The van der Waals surface area contributed by atoms with Crippen LogP contribution >= 0.6 is 24.0 Å². The van der Waals surface area contributed by atoms with Crippen LogP contribution in [0, 0.1) is 0 Å². The van der Waals surface area contributed by atoms with Crippen LogP contribution in [-0.4, -0.2) is 52.4 Å². The third-order valence-electron chi connectivity index (χ3n) is 1.82. The highest BCUT2D eigenvalue weighted by molar-refractivity contribution is 14.0. The minimum atomic E-state index is -0.239. The SMILES string of the molecule is CCOCCNC(=NC)NCCC(=O)OC.I. The fourth-order valence-electron chi connectivity index (χ4n) is 0.992. The van der Waals surface area contributed by atoms with E-state index < -0.39 is 0 Å². The van der Waals surface area contributed by atoms with Crippen LogP contribution in [0.2, 0.25) is 0 Å². The first-order valence-corrected chi connectivity index (χ1v) is 5.33. The second kappa shape index (κ2) is 13.5. The summed E-state index contributed by atoms with van der Waals surface area (Å²) >= 11 is 0. The number of esters is 1. The number of carbonyl (C=O) groups is 1. The monoisotopic (exact) mass is 359 g/mol. The van der Waals surface area contributed by atoms with Gasteiger partial charge in [-0.2, -0.15) is 0 Å². The average molecular weight is 359 g/mol. The summed E-state index contributed by atoms with van der Waals surface area (Å²) in [6.07, 6.45) is 0.322. The Morgan fingerprint density at radius 1 is 1.29 bits per heavy atom. The number of hydrogen-bond acceptors (Lipinski definition) is 4. The van der Waals surface area contributed by atoms with Gasteiger partial charge in [-0.3, -0.25) is 9.79 Å². The van der Waals surface area contributed by atoms with Crippen LogP contribution in [0.1, 0.15) is 13.3 Å². The Bertz CT molecular complexity index is 225. The highest BCUT2D eigenvalue weighted by Crippen LogP contribution is 1.81. The lowest BCUT2D eigenvalue weighted by molar-refractivity contribution is -0.140. The van der Waals surface area contributed by atoms with Gasteiger partial charge in [-0.05, 0) is 6.92 Å². The summed E-state index contributed by atoms with van der Waals surface area (Å²) in [4.78, 5) is 14.8. The van der Waals surface area contributed by atoms with E-state index in [4.69, 9.17) is 4.74 Å². The van der Waals surface area contributed by atoms with Gasteiger partial charge in [0.05, 0.1) is 20.1 Å². The minimum absolute atomic E-state index is 0. The second-order valence-electron chi connectivity index (χ2n) is 2.95. The van der Waals surface area contributed by atoms with Gasteiger partial charge in [0.1, 0.15) is 0 Å². The third kappa shape index (κ3) is 11.7. The van der Waals surface area contributed by atoms with Gasteiger partial charge in [0.25, 0.3) is 0 Å². The van der Waals surface area contributed by atoms with Crippen molar-refractivity contribution in [2.45, 2.75) is 13.3 Å². The normalized spacial score (nSPS) is 10.4. The molecule has 0 aliphatic carbocycles. The van der Waals surface area contributed by atoms with Crippen LogP contribution < -0.4 is 10.6 Å². The molecular formula is C10H22IN3O3. The largest absolute Gasteiger partial charge is 0.469 e. The molecule has 0 aliphatic heterocycles. The number of halogens is 1. The van der Waals surface area contributed by atoms with Crippen molar-refractivity contribution in [3.63, 3.8) is 0 Å². The van der Waals surface area contributed by atoms with E-state index in [0.29, 0.717) is 38.7 Å². The molecule has 0 saturated carbocycles. The lowest BCUT2D eigenvalue weighted by Crippen LogP contribution is -2.39. The van der Waals surface area contributed by atoms with E-state index in [-0.39, 0.29) is 29.9 Å². The molecule has 0 saturated heterocycles. The summed E-state index contributed by atoms with van der Waals surface area (Å²) in [7, 11) is 3.05. The van der Waals surface area contributed by atoms with Crippen LogP contribution in [0.3, 0.4) is 0 Å². The topological polar surface area (TPSA) is 72.0 Å². The summed E-state index contributed by atoms with van der Waals surface area (Å²) < 4.78 is 9.69. The van der Waals surface area contributed by atoms with Crippen LogP contribution in [0.15, 0.2) is 4.99 Å². The van der Waals surface area contributed by atoms with Crippen molar-refractivity contribution in [1.82, 2.24) is 10.6 Å². The molecule has 0 radical (unpaired) electrons. The van der Waals surface area contributed by atoms with E-state index in [9.17, 15) is 4.79 Å². The van der Waals surface area contributed by atoms with Crippen LogP contribution in [0.4, 0.5) is 0 Å². The Morgan fingerprint density at radius 3 is 2.47 bits per heavy atom. The number of carbonyl (C=O) groups excluding carboxylic acids is 1. The molecule has 0 heterocycles. The van der Waals surface area contributed by atoms with Gasteiger partial charge in [-0.25, -0.2) is 0 Å². The van der Waals surface area contributed by atoms with Gasteiger partial charge >= 0.3 is 5.97 Å². The molecule has 0 aromatic heterocycles. The number of guanidine groups is 1. The Hall–Kier alpha value is -0.570. The number of nitrogens with one attached hydrogen (secondary N) is 2. The number of methoxy groups -OCH3 is 1. The summed E-state index contributed by atoms with van der Waals surface area (Å²) in [5.41, 5.74) is 0. The zero-order valence-corrected chi connectivity index (χ0v) is 12.9. The minimum Gasteiger partial charge on any atom is -0.469 e. The quantitative estimate of drug-likeness (QED) is 0.226. The van der Waals surface area contributed by atoms with E-state index in [0.717, 1.165) is 0 Å². The van der Waals surface area contributed by atoms with Crippen molar-refractivity contribution in [2.75, 3.05) is 40.5 Å². The fourth-order valence-corrected chi connectivity index (χ4v) is 0.992. The van der Waals surface area contributed by atoms with Crippen LogP contribution in [0.5, 0.6) is 0 Å². The number of nitrogens with zero attached hydrogens (tertiary/aromatic N) is 1. The summed E-state index contributed by atoms with van der Waals surface area (Å²) in [6, 6.07) is 0. The highest BCUT2D eigenvalue weighted by atomic mass is 127. The maximum absolute atomic E-state index is 10.8. The van der Waals surface area contributed by atoms with Crippen molar-refractivity contribution >= 4 is 35.9 Å². The molecule has 0 amide bonds.